The summed E-state index contributed by atoms with van der Waals surface area (Å²) in [5.41, 5.74) is 2.22. The molecule has 142 valence electrons. The molecule has 2 aromatic rings. The van der Waals surface area contributed by atoms with Crippen molar-refractivity contribution in [2.24, 2.45) is 0 Å². The van der Waals surface area contributed by atoms with Gasteiger partial charge in [-0.05, 0) is 43.4 Å². The first kappa shape index (κ1) is 17.9. The summed E-state index contributed by atoms with van der Waals surface area (Å²) in [7, 11) is 2.11. The number of likely N-dealkylation sites (N-methyl/N-ethyl adjacent to an activating group) is 1. The number of anilines is 2. The van der Waals surface area contributed by atoms with Crippen molar-refractivity contribution >= 4 is 28.9 Å². The van der Waals surface area contributed by atoms with Crippen LogP contribution < -0.4 is 19.7 Å². The SMILES string of the molecule is CN1CCN(c2ccc(Cl)cc2NC(=O)c2ccc3c(c2)OCCO3)CC1. The third-order valence-corrected chi connectivity index (χ3v) is 5.09. The molecular formula is C20H22ClN3O3. The molecule has 0 radical (unpaired) electrons. The fourth-order valence-corrected chi connectivity index (χ4v) is 3.48. The van der Waals surface area contributed by atoms with Crippen molar-refractivity contribution in [2.75, 3.05) is 56.7 Å². The van der Waals surface area contributed by atoms with Gasteiger partial charge in [0.25, 0.3) is 5.91 Å². The number of nitrogens with one attached hydrogen (secondary N) is 1. The maximum Gasteiger partial charge on any atom is 0.255 e. The van der Waals surface area contributed by atoms with Crippen LogP contribution in [-0.4, -0.2) is 57.2 Å². The van der Waals surface area contributed by atoms with Crippen LogP contribution in [0.4, 0.5) is 11.4 Å². The number of fused-ring (bicyclic) bond motifs is 1. The molecule has 2 heterocycles. The van der Waals surface area contributed by atoms with Gasteiger partial charge in [-0.1, -0.05) is 11.6 Å². The summed E-state index contributed by atoms with van der Waals surface area (Å²) in [6, 6.07) is 10.8. The smallest absolute Gasteiger partial charge is 0.255 e. The third-order valence-electron chi connectivity index (χ3n) is 4.86. The maximum absolute atomic E-state index is 12.8. The molecule has 27 heavy (non-hydrogen) atoms. The van der Waals surface area contributed by atoms with Crippen LogP contribution in [0.2, 0.25) is 5.02 Å². The van der Waals surface area contributed by atoms with Crippen molar-refractivity contribution in [3.05, 3.63) is 47.0 Å². The molecule has 1 N–H and O–H groups in total. The molecule has 0 spiro atoms. The van der Waals surface area contributed by atoms with Crippen LogP contribution in [0, 0.1) is 0 Å². The minimum absolute atomic E-state index is 0.204. The molecule has 6 nitrogen and oxygen atoms in total. The predicted molar refractivity (Wildman–Crippen MR) is 107 cm³/mol. The molecule has 2 aromatic carbocycles. The summed E-state index contributed by atoms with van der Waals surface area (Å²) in [6.07, 6.45) is 0. The Morgan fingerprint density at radius 2 is 1.74 bits per heavy atom. The number of halogens is 1. The van der Waals surface area contributed by atoms with E-state index in [1.165, 1.54) is 0 Å². The van der Waals surface area contributed by atoms with Gasteiger partial charge in [0.1, 0.15) is 13.2 Å². The van der Waals surface area contributed by atoms with Gasteiger partial charge in [-0.25, -0.2) is 0 Å². The molecule has 1 saturated heterocycles. The van der Waals surface area contributed by atoms with E-state index in [-0.39, 0.29) is 5.91 Å². The van der Waals surface area contributed by atoms with Crippen molar-refractivity contribution in [2.45, 2.75) is 0 Å². The lowest BCUT2D eigenvalue weighted by atomic mass is 10.1. The minimum atomic E-state index is -0.204. The van der Waals surface area contributed by atoms with E-state index in [0.29, 0.717) is 41.0 Å². The Morgan fingerprint density at radius 3 is 2.52 bits per heavy atom. The van der Waals surface area contributed by atoms with Gasteiger partial charge in [0, 0.05) is 36.8 Å². The van der Waals surface area contributed by atoms with E-state index >= 15 is 0 Å². The molecule has 0 unspecified atom stereocenters. The topological polar surface area (TPSA) is 54.0 Å². The van der Waals surface area contributed by atoms with E-state index in [2.05, 4.69) is 22.2 Å². The number of carbonyl (C=O) groups is 1. The zero-order valence-corrected chi connectivity index (χ0v) is 16.0. The number of nitrogens with zero attached hydrogens (tertiary/aromatic N) is 2. The Hall–Kier alpha value is -2.44. The van der Waals surface area contributed by atoms with Crippen LogP contribution in [0.1, 0.15) is 10.4 Å². The Morgan fingerprint density at radius 1 is 1.00 bits per heavy atom. The van der Waals surface area contributed by atoms with Crippen molar-refractivity contribution in [1.82, 2.24) is 4.90 Å². The van der Waals surface area contributed by atoms with Crippen molar-refractivity contribution in [3.63, 3.8) is 0 Å². The summed E-state index contributed by atoms with van der Waals surface area (Å²) in [5, 5.41) is 3.60. The summed E-state index contributed by atoms with van der Waals surface area (Å²) in [4.78, 5) is 17.4. The Kier molecular flexibility index (Phi) is 5.09. The van der Waals surface area contributed by atoms with Crippen molar-refractivity contribution in [3.8, 4) is 11.5 Å². The lowest BCUT2D eigenvalue weighted by Crippen LogP contribution is -2.44. The highest BCUT2D eigenvalue weighted by Crippen LogP contribution is 2.33. The summed E-state index contributed by atoms with van der Waals surface area (Å²) < 4.78 is 11.1. The average molecular weight is 388 g/mol. The van der Waals surface area contributed by atoms with Gasteiger partial charge in [0.05, 0.1) is 11.4 Å². The van der Waals surface area contributed by atoms with Gasteiger partial charge in [0.15, 0.2) is 11.5 Å². The Balaban J connectivity index is 1.56. The summed E-state index contributed by atoms with van der Waals surface area (Å²) in [5.74, 6) is 1.06. The standard InChI is InChI=1S/C20H22ClN3O3/c1-23-6-8-24(9-7-23)17-4-3-15(21)13-16(17)22-20(25)14-2-5-18-19(12-14)27-11-10-26-18/h2-5,12-13H,6-11H2,1H3,(H,22,25). The molecule has 0 aliphatic carbocycles. The summed E-state index contributed by atoms with van der Waals surface area (Å²) >= 11 is 6.19. The zero-order chi connectivity index (χ0) is 18.8. The van der Waals surface area contributed by atoms with Crippen molar-refractivity contribution < 1.29 is 14.3 Å². The van der Waals surface area contributed by atoms with Gasteiger partial charge in [0.2, 0.25) is 0 Å². The first-order valence-corrected chi connectivity index (χ1v) is 9.42. The molecule has 0 aromatic heterocycles. The van der Waals surface area contributed by atoms with Crippen LogP contribution in [0.5, 0.6) is 11.5 Å². The van der Waals surface area contributed by atoms with E-state index in [9.17, 15) is 4.79 Å². The number of carbonyl (C=O) groups excluding carboxylic acids is 1. The van der Waals surface area contributed by atoms with E-state index in [1.54, 1.807) is 24.3 Å². The number of ether oxygens (including phenoxy) is 2. The number of piperazine rings is 1. The lowest BCUT2D eigenvalue weighted by Gasteiger charge is -2.35. The second-order valence-corrected chi connectivity index (χ2v) is 7.20. The predicted octanol–water partition coefficient (Wildman–Crippen LogP) is 3.12. The fourth-order valence-electron chi connectivity index (χ4n) is 3.31. The monoisotopic (exact) mass is 387 g/mol. The van der Waals surface area contributed by atoms with Gasteiger partial charge in [-0.15, -0.1) is 0 Å². The van der Waals surface area contributed by atoms with Crippen LogP contribution >= 0.6 is 11.6 Å². The molecule has 1 amide bonds. The van der Waals surface area contributed by atoms with Gasteiger partial charge >= 0.3 is 0 Å². The molecule has 0 atom stereocenters. The molecular weight excluding hydrogens is 366 g/mol. The second kappa shape index (κ2) is 7.66. The normalized spacial score (nSPS) is 16.9. The van der Waals surface area contributed by atoms with Gasteiger partial charge < -0.3 is 24.6 Å². The highest BCUT2D eigenvalue weighted by Gasteiger charge is 2.20. The molecule has 0 saturated carbocycles. The van der Waals surface area contributed by atoms with Crippen LogP contribution in [0.25, 0.3) is 0 Å². The molecule has 1 fully saturated rings. The number of benzene rings is 2. The van der Waals surface area contributed by atoms with Crippen LogP contribution in [0.3, 0.4) is 0 Å². The fraction of sp³-hybridized carbons (Fsp3) is 0.350. The maximum atomic E-state index is 12.8. The first-order valence-electron chi connectivity index (χ1n) is 9.04. The Bertz CT molecular complexity index is 850. The highest BCUT2D eigenvalue weighted by atomic mass is 35.5. The third kappa shape index (κ3) is 3.96. The highest BCUT2D eigenvalue weighted by molar-refractivity contribution is 6.31. The molecule has 2 aliphatic heterocycles. The van der Waals surface area contributed by atoms with E-state index in [1.807, 2.05) is 12.1 Å². The minimum Gasteiger partial charge on any atom is -0.486 e. The lowest BCUT2D eigenvalue weighted by molar-refractivity contribution is 0.102. The molecule has 7 heteroatoms. The van der Waals surface area contributed by atoms with E-state index in [0.717, 1.165) is 31.9 Å². The largest absolute Gasteiger partial charge is 0.486 e. The molecule has 0 bridgehead atoms. The Labute approximate surface area is 163 Å². The van der Waals surface area contributed by atoms with Crippen LogP contribution in [0.15, 0.2) is 36.4 Å². The van der Waals surface area contributed by atoms with Gasteiger partial charge in [-0.3, -0.25) is 4.79 Å². The average Bonchev–Trinajstić information content (AvgIpc) is 2.68. The first-order chi connectivity index (χ1) is 13.1. The van der Waals surface area contributed by atoms with E-state index in [4.69, 9.17) is 21.1 Å². The number of rotatable bonds is 3. The summed E-state index contributed by atoms with van der Waals surface area (Å²) in [6.45, 7) is 4.79. The number of hydrogen-bond acceptors (Lipinski definition) is 5. The number of hydrogen-bond donors (Lipinski definition) is 1. The zero-order valence-electron chi connectivity index (χ0n) is 15.2. The number of amides is 1. The second-order valence-electron chi connectivity index (χ2n) is 6.76. The van der Waals surface area contributed by atoms with Crippen LogP contribution in [-0.2, 0) is 0 Å². The quantitative estimate of drug-likeness (QED) is 0.877. The van der Waals surface area contributed by atoms with E-state index < -0.39 is 0 Å². The van der Waals surface area contributed by atoms with Gasteiger partial charge in [-0.2, -0.15) is 0 Å². The van der Waals surface area contributed by atoms with Crippen molar-refractivity contribution in [1.29, 1.82) is 0 Å². The molecule has 2 aliphatic rings. The molecule has 4 rings (SSSR count).